The normalized spacial score (nSPS) is 14.5. The van der Waals surface area contributed by atoms with Crippen LogP contribution in [0.3, 0.4) is 0 Å². The molecule has 0 spiro atoms. The maximum atomic E-state index is 4.10. The zero-order valence-corrected chi connectivity index (χ0v) is 37.5. The van der Waals surface area contributed by atoms with Gasteiger partial charge in [0.15, 0.2) is 0 Å². The van der Waals surface area contributed by atoms with Gasteiger partial charge < -0.3 is 0 Å². The van der Waals surface area contributed by atoms with Gasteiger partial charge in [-0.25, -0.2) is 0 Å². The molecule has 0 fully saturated rings. The Morgan fingerprint density at radius 3 is 0.800 bits per heavy atom. The number of hydrogen-bond acceptors (Lipinski definition) is 1. The molecule has 3 aromatic rings. The molecule has 1 heterocycles. The highest BCUT2D eigenvalue weighted by molar-refractivity contribution is 9.13. The Hall–Kier alpha value is -0.0400. The van der Waals surface area contributed by atoms with Crippen LogP contribution in [-0.2, 0) is 32.5 Å². The van der Waals surface area contributed by atoms with E-state index < -0.39 is 0 Å². The van der Waals surface area contributed by atoms with E-state index in [-0.39, 0.29) is 32.5 Å². The molecule has 5 heteroatoms. The molecule has 250 valence electrons. The third kappa shape index (κ3) is 9.15. The summed E-state index contributed by atoms with van der Waals surface area (Å²) in [6.07, 6.45) is 0. The second kappa shape index (κ2) is 13.0. The smallest absolute Gasteiger partial charge is 0.0509 e. The fourth-order valence-corrected chi connectivity index (χ4v) is 13.4. The van der Waals surface area contributed by atoms with Crippen LogP contribution >= 0.6 is 60.4 Å². The lowest BCUT2D eigenvalue weighted by atomic mass is 9.75. The maximum Gasteiger partial charge on any atom is 0.0509 e. The second-order valence-corrected chi connectivity index (χ2v) is 24.9. The Morgan fingerprint density at radius 1 is 0.400 bits per heavy atom. The van der Waals surface area contributed by atoms with Gasteiger partial charge in [-0.2, -0.15) is 0 Å². The first-order valence-corrected chi connectivity index (χ1v) is 20.7. The first kappa shape index (κ1) is 39.4. The minimum atomic E-state index is 0.0488. The molecule has 3 rings (SSSR count). The average molecular weight is 795 g/mol. The van der Waals surface area contributed by atoms with Crippen molar-refractivity contribution in [2.75, 3.05) is 0 Å². The van der Waals surface area contributed by atoms with Crippen LogP contribution in [0.1, 0.15) is 158 Å². The van der Waals surface area contributed by atoms with Gasteiger partial charge in [0, 0.05) is 9.24 Å². The van der Waals surface area contributed by atoms with Crippen molar-refractivity contribution in [3.8, 4) is 0 Å². The van der Waals surface area contributed by atoms with Gasteiger partial charge in [-0.05, 0) is 126 Å². The van der Waals surface area contributed by atoms with Crippen molar-refractivity contribution >= 4 is 80.2 Å². The van der Waals surface area contributed by atoms with Gasteiger partial charge >= 0.3 is 0 Å². The molecular formula is C40H60Br2P2S. The van der Waals surface area contributed by atoms with Crippen molar-refractivity contribution in [1.29, 1.82) is 0 Å². The van der Waals surface area contributed by atoms with Crippen LogP contribution in [0.2, 0.25) is 0 Å². The van der Waals surface area contributed by atoms with Crippen molar-refractivity contribution in [2.24, 2.45) is 0 Å². The summed E-state index contributed by atoms with van der Waals surface area (Å²) in [6, 6.07) is 10.1. The summed E-state index contributed by atoms with van der Waals surface area (Å²) >= 11 is 10.2. The second-order valence-electron chi connectivity index (χ2n) is 19.0. The van der Waals surface area contributed by atoms with Crippen molar-refractivity contribution in [3.63, 3.8) is 0 Å². The summed E-state index contributed by atoms with van der Waals surface area (Å²) in [6.45, 7) is 42.6. The van der Waals surface area contributed by atoms with E-state index in [1.807, 2.05) is 11.3 Å². The summed E-state index contributed by atoms with van der Waals surface area (Å²) in [5, 5.41) is 3.04. The van der Waals surface area contributed by atoms with Crippen LogP contribution in [0.25, 0.3) is 0 Å². The average Bonchev–Trinajstić information content (AvgIpc) is 3.07. The van der Waals surface area contributed by atoms with Crippen LogP contribution in [-0.4, -0.2) is 0 Å². The molecule has 0 aliphatic carbocycles. The van der Waals surface area contributed by atoms with Crippen LogP contribution in [0, 0.1) is 0 Å². The number of rotatable bonds is 4. The summed E-state index contributed by atoms with van der Waals surface area (Å²) in [4.78, 5) is 0. The SMILES string of the molecule is CC(C)(C)c1cc(C(C)(C)C)c(Pc2sc(Pc3c(C(C)(C)C)cc(C(C)(C)C)cc3C(C)(C)C)c(Br)c2Br)c(C(C)(C)C)c1. The Morgan fingerprint density at radius 2 is 0.622 bits per heavy atom. The van der Waals surface area contributed by atoms with Crippen molar-refractivity contribution in [3.05, 3.63) is 66.6 Å². The monoisotopic (exact) mass is 792 g/mol. The Balaban J connectivity index is 2.29. The van der Waals surface area contributed by atoms with E-state index in [9.17, 15) is 0 Å². The molecule has 0 radical (unpaired) electrons. The highest BCUT2D eigenvalue weighted by atomic mass is 79.9. The zero-order valence-electron chi connectivity index (χ0n) is 31.5. The molecule has 0 bridgehead atoms. The van der Waals surface area contributed by atoms with Gasteiger partial charge in [0.1, 0.15) is 0 Å². The third-order valence-electron chi connectivity index (χ3n) is 8.51. The molecule has 0 amide bonds. The lowest BCUT2D eigenvalue weighted by Gasteiger charge is -2.33. The molecule has 2 aromatic carbocycles. The van der Waals surface area contributed by atoms with Gasteiger partial charge in [-0.1, -0.05) is 149 Å². The molecule has 2 atom stereocenters. The van der Waals surface area contributed by atoms with Crippen molar-refractivity contribution in [1.82, 2.24) is 0 Å². The molecular weight excluding hydrogens is 734 g/mol. The van der Waals surface area contributed by atoms with E-state index in [0.717, 1.165) is 0 Å². The summed E-state index contributed by atoms with van der Waals surface area (Å²) in [7, 11) is 1.17. The highest BCUT2D eigenvalue weighted by Gasteiger charge is 2.32. The topological polar surface area (TPSA) is 0 Å². The summed E-state index contributed by atoms with van der Waals surface area (Å²) in [5.41, 5.74) is 9.21. The van der Waals surface area contributed by atoms with E-state index in [1.54, 1.807) is 0 Å². The maximum absolute atomic E-state index is 4.10. The zero-order chi connectivity index (χ0) is 34.9. The van der Waals surface area contributed by atoms with E-state index in [4.69, 9.17) is 0 Å². The van der Waals surface area contributed by atoms with Crippen LogP contribution in [0.15, 0.2) is 33.2 Å². The third-order valence-corrected chi connectivity index (χ3v) is 16.5. The van der Waals surface area contributed by atoms with Crippen molar-refractivity contribution < 1.29 is 0 Å². The molecule has 2 unspecified atom stereocenters. The quantitative estimate of drug-likeness (QED) is 0.231. The van der Waals surface area contributed by atoms with Crippen molar-refractivity contribution in [2.45, 2.75) is 157 Å². The fourth-order valence-electron chi connectivity index (χ4n) is 5.56. The molecule has 0 nitrogen and oxygen atoms in total. The Bertz CT molecular complexity index is 1360. The minimum absolute atomic E-state index is 0.0488. The van der Waals surface area contributed by atoms with E-state index in [1.165, 1.54) is 62.2 Å². The number of halogens is 2. The van der Waals surface area contributed by atoms with E-state index >= 15 is 0 Å². The first-order valence-electron chi connectivity index (χ1n) is 16.3. The molecule has 45 heavy (non-hydrogen) atoms. The molecule has 1 aromatic heterocycles. The lowest BCUT2D eigenvalue weighted by molar-refractivity contribution is 0.553. The summed E-state index contributed by atoms with van der Waals surface area (Å²) < 4.78 is 5.33. The summed E-state index contributed by atoms with van der Waals surface area (Å²) in [5.74, 6) is 0. The van der Waals surface area contributed by atoms with Gasteiger partial charge in [-0.3, -0.25) is 0 Å². The molecule has 0 N–H and O–H groups in total. The number of thiophene rings is 1. The van der Waals surface area contributed by atoms with Gasteiger partial charge in [0.2, 0.25) is 0 Å². The molecule has 0 saturated carbocycles. The largest absolute Gasteiger partial charge is 0.133 e. The number of benzene rings is 2. The fraction of sp³-hybridized carbons (Fsp3) is 0.600. The standard InChI is InChI=1S/C40H60Br2P2S/c1-35(2,3)23-19-25(37(7,8)9)31(26(20-23)38(10,11)12)43-33-29(41)30(42)34(45-33)44-32-27(39(13,14)15)21-24(36(4,5)6)22-28(32)40(16,17)18/h19-22,43-44H,1-18H3. The van der Waals surface area contributed by atoms with Crippen LogP contribution in [0.5, 0.6) is 0 Å². The molecule has 0 saturated heterocycles. The van der Waals surface area contributed by atoms with Crippen LogP contribution in [0.4, 0.5) is 0 Å². The van der Waals surface area contributed by atoms with E-state index in [0.29, 0.717) is 17.2 Å². The molecule has 0 aliphatic heterocycles. The Kier molecular flexibility index (Phi) is 11.4. The van der Waals surface area contributed by atoms with E-state index in [2.05, 4.69) is 181 Å². The predicted octanol–water partition coefficient (Wildman–Crippen LogP) is 12.3. The van der Waals surface area contributed by atoms with Crippen LogP contribution < -0.4 is 19.8 Å². The minimum Gasteiger partial charge on any atom is -0.133 e. The lowest BCUT2D eigenvalue weighted by Crippen LogP contribution is -2.31. The van der Waals surface area contributed by atoms with Gasteiger partial charge in [0.25, 0.3) is 0 Å². The number of hydrogen-bond donors (Lipinski definition) is 0. The Labute approximate surface area is 302 Å². The highest BCUT2D eigenvalue weighted by Crippen LogP contribution is 2.42. The predicted molar refractivity (Wildman–Crippen MR) is 220 cm³/mol. The first-order chi connectivity index (χ1) is 19.9. The van der Waals surface area contributed by atoms with Gasteiger partial charge in [0.05, 0.1) is 8.95 Å². The molecule has 0 aliphatic rings. The van der Waals surface area contributed by atoms with Gasteiger partial charge in [-0.15, -0.1) is 11.3 Å².